The lowest BCUT2D eigenvalue weighted by atomic mass is 10.1. The van der Waals surface area contributed by atoms with Gasteiger partial charge in [-0.05, 0) is 44.1 Å². The normalized spacial score (nSPS) is 17.8. The minimum absolute atomic E-state index is 0.186. The smallest absolute Gasteiger partial charge is 0.237 e. The van der Waals surface area contributed by atoms with Gasteiger partial charge >= 0.3 is 0 Å². The van der Waals surface area contributed by atoms with Crippen LogP contribution in [0, 0.1) is 0 Å². The van der Waals surface area contributed by atoms with Gasteiger partial charge in [-0.25, -0.2) is 9.97 Å². The maximum atomic E-state index is 12.0. The standard InChI is InChI=1S/C23H32N6O/c1-4-18(16-30)29(19-11-7-8-12-19)22-20(27(2)3)15-25-23(26-22)28-14-13-24-21(28)17-9-5-6-10-17/h9,13-16,18-19H,4-8,10-12H2,1-3H3/t18-/m1/s1. The third-order valence-electron chi connectivity index (χ3n) is 6.30. The highest BCUT2D eigenvalue weighted by Crippen LogP contribution is 2.35. The van der Waals surface area contributed by atoms with Gasteiger partial charge in [0.1, 0.15) is 12.1 Å². The van der Waals surface area contributed by atoms with Crippen molar-refractivity contribution in [2.75, 3.05) is 23.9 Å². The first-order valence-corrected chi connectivity index (χ1v) is 11.1. The summed E-state index contributed by atoms with van der Waals surface area (Å²) in [5, 5.41) is 0. The number of rotatable bonds is 8. The van der Waals surface area contributed by atoms with E-state index in [1.807, 2.05) is 42.2 Å². The highest BCUT2D eigenvalue weighted by molar-refractivity contribution is 5.73. The minimum atomic E-state index is -0.186. The van der Waals surface area contributed by atoms with E-state index in [1.165, 1.54) is 24.8 Å². The van der Waals surface area contributed by atoms with Crippen molar-refractivity contribution in [2.24, 2.45) is 0 Å². The maximum absolute atomic E-state index is 12.0. The molecular weight excluding hydrogens is 376 g/mol. The lowest BCUT2D eigenvalue weighted by molar-refractivity contribution is -0.109. The summed E-state index contributed by atoms with van der Waals surface area (Å²) in [7, 11) is 4.01. The van der Waals surface area contributed by atoms with E-state index in [-0.39, 0.29) is 6.04 Å². The molecule has 0 saturated heterocycles. The first-order chi connectivity index (χ1) is 14.6. The zero-order chi connectivity index (χ0) is 21.1. The molecule has 1 saturated carbocycles. The van der Waals surface area contributed by atoms with E-state index < -0.39 is 0 Å². The summed E-state index contributed by atoms with van der Waals surface area (Å²) < 4.78 is 1.98. The fourth-order valence-corrected chi connectivity index (χ4v) is 4.70. The molecule has 2 aromatic rings. The molecule has 0 unspecified atom stereocenters. The summed E-state index contributed by atoms with van der Waals surface area (Å²) >= 11 is 0. The van der Waals surface area contributed by atoms with E-state index in [2.05, 4.69) is 27.9 Å². The van der Waals surface area contributed by atoms with Crippen LogP contribution in [-0.4, -0.2) is 52.0 Å². The number of carbonyl (C=O) groups is 1. The van der Waals surface area contributed by atoms with Gasteiger partial charge in [0.15, 0.2) is 5.82 Å². The Hall–Kier alpha value is -2.70. The van der Waals surface area contributed by atoms with Gasteiger partial charge in [0.2, 0.25) is 5.95 Å². The third-order valence-corrected chi connectivity index (χ3v) is 6.30. The molecule has 2 aromatic heterocycles. The minimum Gasteiger partial charge on any atom is -0.373 e. The molecule has 160 valence electrons. The average Bonchev–Trinajstić information content (AvgIpc) is 3.53. The summed E-state index contributed by atoms with van der Waals surface area (Å²) in [6.07, 6.45) is 17.6. The van der Waals surface area contributed by atoms with Crippen molar-refractivity contribution in [3.63, 3.8) is 0 Å². The Morgan fingerprint density at radius 3 is 2.67 bits per heavy atom. The first-order valence-electron chi connectivity index (χ1n) is 11.1. The topological polar surface area (TPSA) is 67.2 Å². The zero-order valence-corrected chi connectivity index (χ0v) is 18.3. The largest absolute Gasteiger partial charge is 0.373 e. The van der Waals surface area contributed by atoms with Crippen LogP contribution in [0.5, 0.6) is 0 Å². The summed E-state index contributed by atoms with van der Waals surface area (Å²) in [6.45, 7) is 2.07. The van der Waals surface area contributed by atoms with Crippen LogP contribution in [0.25, 0.3) is 11.5 Å². The van der Waals surface area contributed by atoms with Crippen molar-refractivity contribution in [2.45, 2.75) is 70.4 Å². The fraction of sp³-hybridized carbons (Fsp3) is 0.565. The lowest BCUT2D eigenvalue weighted by Crippen LogP contribution is -2.44. The second-order valence-corrected chi connectivity index (χ2v) is 8.47. The lowest BCUT2D eigenvalue weighted by Gasteiger charge is -2.36. The van der Waals surface area contributed by atoms with Gasteiger partial charge in [0.05, 0.1) is 17.9 Å². The third kappa shape index (κ3) is 3.85. The molecule has 0 aliphatic heterocycles. The monoisotopic (exact) mass is 408 g/mol. The van der Waals surface area contributed by atoms with Crippen molar-refractivity contribution in [1.82, 2.24) is 19.5 Å². The Morgan fingerprint density at radius 1 is 1.23 bits per heavy atom. The van der Waals surface area contributed by atoms with Crippen molar-refractivity contribution < 1.29 is 4.79 Å². The van der Waals surface area contributed by atoms with Crippen LogP contribution >= 0.6 is 0 Å². The second kappa shape index (κ2) is 8.98. The van der Waals surface area contributed by atoms with E-state index >= 15 is 0 Å². The second-order valence-electron chi connectivity index (χ2n) is 8.47. The van der Waals surface area contributed by atoms with Crippen LogP contribution in [0.1, 0.15) is 64.1 Å². The Kier molecular flexibility index (Phi) is 6.16. The highest BCUT2D eigenvalue weighted by atomic mass is 16.1. The van der Waals surface area contributed by atoms with Gasteiger partial charge in [-0.15, -0.1) is 0 Å². The number of carbonyl (C=O) groups excluding carboxylic acids is 1. The van der Waals surface area contributed by atoms with Gasteiger partial charge < -0.3 is 14.6 Å². The van der Waals surface area contributed by atoms with Gasteiger partial charge in [0.25, 0.3) is 0 Å². The molecule has 0 radical (unpaired) electrons. The first kappa shape index (κ1) is 20.6. The van der Waals surface area contributed by atoms with E-state index in [9.17, 15) is 4.79 Å². The molecule has 1 fully saturated rings. The molecule has 0 amide bonds. The number of imidazole rings is 1. The van der Waals surface area contributed by atoms with Crippen molar-refractivity contribution >= 4 is 23.4 Å². The summed E-state index contributed by atoms with van der Waals surface area (Å²) in [5.74, 6) is 2.38. The molecule has 0 bridgehead atoms. The summed E-state index contributed by atoms with van der Waals surface area (Å²) in [6, 6.07) is 0.149. The molecule has 7 nitrogen and oxygen atoms in total. The number of hydrogen-bond donors (Lipinski definition) is 0. The Balaban J connectivity index is 1.82. The van der Waals surface area contributed by atoms with Gasteiger partial charge in [-0.3, -0.25) is 4.57 Å². The number of aldehydes is 1. The predicted octanol–water partition coefficient (Wildman–Crippen LogP) is 4.02. The highest BCUT2D eigenvalue weighted by Gasteiger charge is 2.32. The molecule has 1 atom stereocenters. The summed E-state index contributed by atoms with van der Waals surface area (Å²) in [5.41, 5.74) is 2.20. The van der Waals surface area contributed by atoms with Crippen LogP contribution in [0.2, 0.25) is 0 Å². The predicted molar refractivity (Wildman–Crippen MR) is 120 cm³/mol. The Labute approximate surface area is 178 Å². The number of nitrogens with zero attached hydrogens (tertiary/aromatic N) is 6. The fourth-order valence-electron chi connectivity index (χ4n) is 4.70. The molecule has 0 spiro atoms. The van der Waals surface area contributed by atoms with Crippen LogP contribution in [-0.2, 0) is 4.79 Å². The van der Waals surface area contributed by atoms with Gasteiger partial charge in [-0.2, -0.15) is 4.98 Å². The molecule has 0 N–H and O–H groups in total. The Bertz CT molecular complexity index is 912. The molecule has 2 aliphatic carbocycles. The van der Waals surface area contributed by atoms with Crippen LogP contribution in [0.4, 0.5) is 11.5 Å². The number of anilines is 2. The van der Waals surface area contributed by atoms with Crippen LogP contribution in [0.3, 0.4) is 0 Å². The van der Waals surface area contributed by atoms with Crippen molar-refractivity contribution in [3.8, 4) is 5.95 Å². The molecule has 7 heteroatoms. The van der Waals surface area contributed by atoms with Crippen molar-refractivity contribution in [1.29, 1.82) is 0 Å². The van der Waals surface area contributed by atoms with E-state index in [4.69, 9.17) is 4.98 Å². The number of aromatic nitrogens is 4. The van der Waals surface area contributed by atoms with E-state index in [0.717, 1.165) is 55.7 Å². The molecular formula is C23H32N6O. The van der Waals surface area contributed by atoms with Crippen molar-refractivity contribution in [3.05, 3.63) is 30.5 Å². The van der Waals surface area contributed by atoms with Crippen LogP contribution < -0.4 is 9.80 Å². The average molecular weight is 409 g/mol. The molecule has 4 rings (SSSR count). The Morgan fingerprint density at radius 2 is 2.03 bits per heavy atom. The molecule has 2 aliphatic rings. The molecule has 30 heavy (non-hydrogen) atoms. The van der Waals surface area contributed by atoms with Gasteiger partial charge in [-0.1, -0.05) is 25.8 Å². The number of hydrogen-bond acceptors (Lipinski definition) is 6. The van der Waals surface area contributed by atoms with E-state index in [1.54, 1.807) is 0 Å². The summed E-state index contributed by atoms with van der Waals surface area (Å²) in [4.78, 5) is 30.6. The SMILES string of the molecule is CC[C@H](C=O)N(c1nc(-n2ccnc2C2=CCCC2)ncc1N(C)C)C1CCCC1. The number of allylic oxidation sites excluding steroid dienone is 2. The molecule has 0 aromatic carbocycles. The van der Waals surface area contributed by atoms with Gasteiger partial charge in [0, 0.05) is 32.5 Å². The van der Waals surface area contributed by atoms with E-state index in [0.29, 0.717) is 12.0 Å². The van der Waals surface area contributed by atoms with Crippen LogP contribution in [0.15, 0.2) is 24.7 Å². The quantitative estimate of drug-likeness (QED) is 0.615. The zero-order valence-electron chi connectivity index (χ0n) is 18.3. The maximum Gasteiger partial charge on any atom is 0.237 e. The molecule has 2 heterocycles.